The molecule has 1 saturated heterocycles. The highest BCUT2D eigenvalue weighted by atomic mass is 16.4. The van der Waals surface area contributed by atoms with Crippen molar-refractivity contribution in [3.8, 4) is 0 Å². The Morgan fingerprint density at radius 1 is 1.35 bits per heavy atom. The van der Waals surface area contributed by atoms with Crippen molar-refractivity contribution >= 4 is 11.6 Å². The summed E-state index contributed by atoms with van der Waals surface area (Å²) >= 11 is 0. The fourth-order valence-corrected chi connectivity index (χ4v) is 2.82. The van der Waals surface area contributed by atoms with Crippen molar-refractivity contribution in [3.63, 3.8) is 0 Å². The molecule has 17 heavy (non-hydrogen) atoms. The van der Waals surface area contributed by atoms with Gasteiger partial charge in [-0.1, -0.05) is 29.4 Å². The van der Waals surface area contributed by atoms with E-state index >= 15 is 0 Å². The van der Waals surface area contributed by atoms with E-state index in [0.29, 0.717) is 12.1 Å². The molecule has 1 amide bonds. The molecule has 0 aromatic heterocycles. The summed E-state index contributed by atoms with van der Waals surface area (Å²) in [7, 11) is 0. The van der Waals surface area contributed by atoms with Gasteiger partial charge in [0.2, 0.25) is 5.91 Å². The second kappa shape index (κ2) is 3.87. The fourth-order valence-electron chi connectivity index (χ4n) is 2.82. The van der Waals surface area contributed by atoms with Crippen molar-refractivity contribution < 1.29 is 10.0 Å². The highest BCUT2D eigenvalue weighted by molar-refractivity contribution is 6.03. The lowest BCUT2D eigenvalue weighted by atomic mass is 9.86. The maximum Gasteiger partial charge on any atom is 0.228 e. The number of hydrogen-bond donors (Lipinski definition) is 1. The number of fused-ring (bicyclic) bond motifs is 3. The normalized spacial score (nSPS) is 25.6. The highest BCUT2D eigenvalue weighted by Crippen LogP contribution is 2.35. The van der Waals surface area contributed by atoms with Gasteiger partial charge in [-0.15, -0.1) is 0 Å². The van der Waals surface area contributed by atoms with Crippen LogP contribution in [-0.2, 0) is 11.2 Å². The largest absolute Gasteiger partial charge is 0.411 e. The first-order chi connectivity index (χ1) is 8.29. The van der Waals surface area contributed by atoms with Crippen molar-refractivity contribution in [1.82, 2.24) is 4.90 Å². The van der Waals surface area contributed by atoms with Gasteiger partial charge in [-0.3, -0.25) is 4.79 Å². The third-order valence-corrected chi connectivity index (χ3v) is 3.66. The zero-order valence-electron chi connectivity index (χ0n) is 9.47. The highest BCUT2D eigenvalue weighted by Gasteiger charge is 2.36. The molecule has 0 saturated carbocycles. The molecule has 4 nitrogen and oxygen atoms in total. The number of rotatable bonds is 0. The topological polar surface area (TPSA) is 52.9 Å². The van der Waals surface area contributed by atoms with Gasteiger partial charge in [0, 0.05) is 13.0 Å². The van der Waals surface area contributed by atoms with Crippen molar-refractivity contribution in [2.45, 2.75) is 25.3 Å². The van der Waals surface area contributed by atoms with E-state index in [1.807, 2.05) is 17.0 Å². The molecule has 2 heterocycles. The maximum atomic E-state index is 11.9. The molecule has 4 heteroatoms. The Labute approximate surface area is 99.5 Å². The van der Waals surface area contributed by atoms with E-state index < -0.39 is 0 Å². The summed E-state index contributed by atoms with van der Waals surface area (Å²) in [5.41, 5.74) is 3.10. The minimum Gasteiger partial charge on any atom is -0.411 e. The van der Waals surface area contributed by atoms with Crippen LogP contribution in [0.25, 0.3) is 0 Å². The number of oxime groups is 1. The van der Waals surface area contributed by atoms with Crippen LogP contribution in [0.2, 0.25) is 0 Å². The average molecular weight is 230 g/mol. The van der Waals surface area contributed by atoms with Gasteiger partial charge < -0.3 is 10.1 Å². The molecule has 2 aliphatic rings. The smallest absolute Gasteiger partial charge is 0.228 e. The average Bonchev–Trinajstić information content (AvgIpc) is 2.38. The first-order valence-corrected chi connectivity index (χ1v) is 5.86. The molecule has 0 bridgehead atoms. The molecular formula is C13H14N2O2. The van der Waals surface area contributed by atoms with E-state index in [1.54, 1.807) is 0 Å². The lowest BCUT2D eigenvalue weighted by Crippen LogP contribution is -2.45. The lowest BCUT2D eigenvalue weighted by molar-refractivity contribution is -0.133. The van der Waals surface area contributed by atoms with Gasteiger partial charge in [0.25, 0.3) is 0 Å². The predicted molar refractivity (Wildman–Crippen MR) is 63.1 cm³/mol. The van der Waals surface area contributed by atoms with Crippen LogP contribution in [-0.4, -0.2) is 28.3 Å². The number of nitrogens with zero attached hydrogens (tertiary/aromatic N) is 2. The fraction of sp³-hybridized carbons (Fsp3) is 0.385. The Morgan fingerprint density at radius 2 is 2.18 bits per heavy atom. The maximum absolute atomic E-state index is 11.9. The van der Waals surface area contributed by atoms with Gasteiger partial charge in [-0.05, 0) is 17.5 Å². The number of amides is 1. The minimum atomic E-state index is 0.0621. The Morgan fingerprint density at radius 3 is 3.00 bits per heavy atom. The second-order valence-corrected chi connectivity index (χ2v) is 4.60. The van der Waals surface area contributed by atoms with E-state index in [-0.39, 0.29) is 18.4 Å². The molecule has 1 aromatic carbocycles. The van der Waals surface area contributed by atoms with Gasteiger partial charge >= 0.3 is 0 Å². The van der Waals surface area contributed by atoms with E-state index in [1.165, 1.54) is 11.1 Å². The zero-order valence-corrected chi connectivity index (χ0v) is 9.47. The quantitative estimate of drug-likeness (QED) is 0.545. The molecule has 0 aliphatic carbocycles. The number of piperidine rings is 1. The molecule has 1 atom stereocenters. The molecule has 0 radical (unpaired) electrons. The van der Waals surface area contributed by atoms with Crippen LogP contribution in [0.3, 0.4) is 0 Å². The summed E-state index contributed by atoms with van der Waals surface area (Å²) in [6.07, 6.45) is 1.83. The Bertz CT molecular complexity index is 496. The molecular weight excluding hydrogens is 216 g/mol. The van der Waals surface area contributed by atoms with Crippen LogP contribution >= 0.6 is 0 Å². The first kappa shape index (κ1) is 10.3. The summed E-state index contributed by atoms with van der Waals surface area (Å²) in [4.78, 5) is 13.9. The summed E-state index contributed by atoms with van der Waals surface area (Å²) in [6, 6.07) is 8.27. The summed E-state index contributed by atoms with van der Waals surface area (Å²) in [6.45, 7) is 0.777. The van der Waals surface area contributed by atoms with Crippen LogP contribution < -0.4 is 0 Å². The molecule has 2 aliphatic heterocycles. The Hall–Kier alpha value is -1.84. The van der Waals surface area contributed by atoms with Crippen molar-refractivity contribution in [2.24, 2.45) is 5.16 Å². The standard InChI is InChI=1S/C13H14N2O2/c16-13-8-10(14-17)7-12-11-4-2-1-3-9(11)5-6-15(12)13/h1-4,12,17H,5-8H2. The van der Waals surface area contributed by atoms with Crippen molar-refractivity contribution in [3.05, 3.63) is 35.4 Å². The van der Waals surface area contributed by atoms with Crippen LogP contribution in [0.1, 0.15) is 30.0 Å². The molecule has 1 unspecified atom stereocenters. The Balaban J connectivity index is 2.02. The number of benzene rings is 1. The lowest BCUT2D eigenvalue weighted by Gasteiger charge is -2.40. The monoisotopic (exact) mass is 230 g/mol. The number of carbonyl (C=O) groups is 1. The SMILES string of the molecule is O=C1CC(=NO)CC2c3ccccc3CCN12. The summed E-state index contributed by atoms with van der Waals surface area (Å²) in [5, 5.41) is 12.1. The second-order valence-electron chi connectivity index (χ2n) is 4.60. The number of carbonyl (C=O) groups excluding carboxylic acids is 1. The molecule has 0 spiro atoms. The third kappa shape index (κ3) is 1.60. The summed E-state index contributed by atoms with van der Waals surface area (Å²) in [5.74, 6) is 0.0727. The van der Waals surface area contributed by atoms with Gasteiger partial charge in [0.1, 0.15) is 0 Å². The van der Waals surface area contributed by atoms with Crippen LogP contribution in [0, 0.1) is 0 Å². The van der Waals surface area contributed by atoms with Crippen molar-refractivity contribution in [1.29, 1.82) is 0 Å². The molecule has 1 N–H and O–H groups in total. The third-order valence-electron chi connectivity index (χ3n) is 3.66. The van der Waals surface area contributed by atoms with Gasteiger partial charge in [-0.25, -0.2) is 0 Å². The number of hydrogen-bond acceptors (Lipinski definition) is 3. The molecule has 88 valence electrons. The van der Waals surface area contributed by atoms with Crippen LogP contribution in [0.5, 0.6) is 0 Å². The molecule has 1 aromatic rings. The molecule has 1 fully saturated rings. The first-order valence-electron chi connectivity index (χ1n) is 5.86. The van der Waals surface area contributed by atoms with Gasteiger partial charge in [0.15, 0.2) is 0 Å². The summed E-state index contributed by atoms with van der Waals surface area (Å²) < 4.78 is 0. The van der Waals surface area contributed by atoms with E-state index in [0.717, 1.165) is 13.0 Å². The van der Waals surface area contributed by atoms with Crippen LogP contribution in [0.4, 0.5) is 0 Å². The van der Waals surface area contributed by atoms with E-state index in [2.05, 4.69) is 17.3 Å². The van der Waals surface area contributed by atoms with Gasteiger partial charge in [0.05, 0.1) is 18.2 Å². The Kier molecular flexibility index (Phi) is 2.35. The van der Waals surface area contributed by atoms with Crippen molar-refractivity contribution in [2.75, 3.05) is 6.54 Å². The van der Waals surface area contributed by atoms with Crippen LogP contribution in [0.15, 0.2) is 29.4 Å². The predicted octanol–water partition coefficient (Wildman–Crippen LogP) is 1.74. The zero-order chi connectivity index (χ0) is 11.8. The van der Waals surface area contributed by atoms with Gasteiger partial charge in [-0.2, -0.15) is 0 Å². The van der Waals surface area contributed by atoms with E-state index in [4.69, 9.17) is 5.21 Å². The van der Waals surface area contributed by atoms with E-state index in [9.17, 15) is 4.79 Å². The molecule has 3 rings (SSSR count). The minimum absolute atomic E-state index is 0.0621.